The molecule has 1 N–H and O–H groups in total. The summed E-state index contributed by atoms with van der Waals surface area (Å²) in [5.74, 6) is -0.0967. The predicted molar refractivity (Wildman–Crippen MR) is 60.2 cm³/mol. The Bertz CT molecular complexity index is 250. The number of carbonyl (C=O) groups is 1. The van der Waals surface area contributed by atoms with Crippen molar-refractivity contribution in [3.05, 3.63) is 0 Å². The van der Waals surface area contributed by atoms with Crippen molar-refractivity contribution in [1.29, 1.82) is 5.26 Å². The van der Waals surface area contributed by atoms with Gasteiger partial charge in [-0.1, -0.05) is 0 Å². The standard InChI is InChI=1S/C11H21N3O/c1-9(6-12)8-14(5)10(15)7-13-11(2,3)4/h9,13H,7-8H2,1-5H3. The molecule has 86 valence electrons. The van der Waals surface area contributed by atoms with E-state index in [0.717, 1.165) is 0 Å². The van der Waals surface area contributed by atoms with Crippen LogP contribution in [-0.2, 0) is 4.79 Å². The molecule has 0 bridgehead atoms. The molecule has 0 aromatic heterocycles. The molecule has 0 heterocycles. The first-order chi connectivity index (χ1) is 6.76. The van der Waals surface area contributed by atoms with Gasteiger partial charge in [0.05, 0.1) is 18.5 Å². The molecular weight excluding hydrogens is 190 g/mol. The molecule has 0 saturated carbocycles. The highest BCUT2D eigenvalue weighted by molar-refractivity contribution is 5.78. The minimum atomic E-state index is -0.117. The second-order valence-electron chi connectivity index (χ2n) is 4.91. The zero-order valence-corrected chi connectivity index (χ0v) is 10.3. The van der Waals surface area contributed by atoms with Gasteiger partial charge in [-0.05, 0) is 27.7 Å². The smallest absolute Gasteiger partial charge is 0.236 e. The van der Waals surface area contributed by atoms with Crippen LogP contribution in [0.5, 0.6) is 0 Å². The first kappa shape index (κ1) is 13.9. The molecule has 15 heavy (non-hydrogen) atoms. The normalized spacial score (nSPS) is 13.1. The van der Waals surface area contributed by atoms with Crippen LogP contribution in [-0.4, -0.2) is 36.5 Å². The first-order valence-electron chi connectivity index (χ1n) is 5.15. The molecule has 1 unspecified atom stereocenters. The van der Waals surface area contributed by atoms with Gasteiger partial charge in [-0.25, -0.2) is 0 Å². The Morgan fingerprint density at radius 3 is 2.47 bits per heavy atom. The van der Waals surface area contributed by atoms with E-state index < -0.39 is 0 Å². The lowest BCUT2D eigenvalue weighted by molar-refractivity contribution is -0.129. The van der Waals surface area contributed by atoms with Crippen molar-refractivity contribution in [2.75, 3.05) is 20.1 Å². The van der Waals surface area contributed by atoms with Crippen LogP contribution in [0.1, 0.15) is 27.7 Å². The van der Waals surface area contributed by atoms with E-state index in [1.807, 2.05) is 20.8 Å². The van der Waals surface area contributed by atoms with Crippen molar-refractivity contribution >= 4 is 5.91 Å². The van der Waals surface area contributed by atoms with Crippen molar-refractivity contribution < 1.29 is 4.79 Å². The number of nitrogens with one attached hydrogen (secondary N) is 1. The summed E-state index contributed by atoms with van der Waals surface area (Å²) in [4.78, 5) is 13.2. The number of rotatable bonds is 4. The molecule has 0 aliphatic rings. The molecule has 4 nitrogen and oxygen atoms in total. The van der Waals surface area contributed by atoms with Gasteiger partial charge in [0.1, 0.15) is 0 Å². The quantitative estimate of drug-likeness (QED) is 0.754. The maximum absolute atomic E-state index is 11.6. The lowest BCUT2D eigenvalue weighted by Gasteiger charge is -2.23. The lowest BCUT2D eigenvalue weighted by Crippen LogP contribution is -2.44. The van der Waals surface area contributed by atoms with Crippen molar-refractivity contribution in [3.63, 3.8) is 0 Å². The SMILES string of the molecule is CC(C#N)CN(C)C(=O)CNC(C)(C)C. The van der Waals surface area contributed by atoms with Gasteiger partial charge in [-0.2, -0.15) is 5.26 Å². The van der Waals surface area contributed by atoms with Gasteiger partial charge < -0.3 is 10.2 Å². The number of hydrogen-bond donors (Lipinski definition) is 1. The van der Waals surface area contributed by atoms with Crippen molar-refractivity contribution in [1.82, 2.24) is 10.2 Å². The van der Waals surface area contributed by atoms with Crippen LogP contribution >= 0.6 is 0 Å². The molecule has 0 saturated heterocycles. The van der Waals surface area contributed by atoms with Crippen LogP contribution in [0, 0.1) is 17.2 Å². The van der Waals surface area contributed by atoms with Gasteiger partial charge in [0, 0.05) is 19.1 Å². The Morgan fingerprint density at radius 1 is 1.53 bits per heavy atom. The fourth-order valence-corrected chi connectivity index (χ4v) is 1.03. The van der Waals surface area contributed by atoms with E-state index in [9.17, 15) is 4.79 Å². The molecule has 0 aromatic rings. The summed E-state index contributed by atoms with van der Waals surface area (Å²) in [5.41, 5.74) is -0.0582. The van der Waals surface area contributed by atoms with Crippen LogP contribution in [0.2, 0.25) is 0 Å². The molecular formula is C11H21N3O. The Balaban J connectivity index is 3.96. The van der Waals surface area contributed by atoms with Gasteiger partial charge >= 0.3 is 0 Å². The van der Waals surface area contributed by atoms with Crippen molar-refractivity contribution in [2.24, 2.45) is 5.92 Å². The Kier molecular flexibility index (Phi) is 5.31. The molecule has 0 aliphatic heterocycles. The summed E-state index contributed by atoms with van der Waals surface area (Å²) in [6.45, 7) is 8.65. The van der Waals surface area contributed by atoms with Gasteiger partial charge in [0.25, 0.3) is 0 Å². The summed E-state index contributed by atoms with van der Waals surface area (Å²) in [5, 5.41) is 11.7. The zero-order chi connectivity index (χ0) is 12.1. The van der Waals surface area contributed by atoms with Crippen LogP contribution in [0.15, 0.2) is 0 Å². The third-order valence-electron chi connectivity index (χ3n) is 1.96. The average Bonchev–Trinajstić information content (AvgIpc) is 2.12. The van der Waals surface area contributed by atoms with E-state index in [1.54, 1.807) is 18.9 Å². The largest absolute Gasteiger partial charge is 0.343 e. The topological polar surface area (TPSA) is 56.1 Å². The van der Waals surface area contributed by atoms with E-state index in [-0.39, 0.29) is 17.4 Å². The van der Waals surface area contributed by atoms with E-state index in [4.69, 9.17) is 5.26 Å². The van der Waals surface area contributed by atoms with Gasteiger partial charge in [0.15, 0.2) is 0 Å². The van der Waals surface area contributed by atoms with Gasteiger partial charge in [0.2, 0.25) is 5.91 Å². The second kappa shape index (κ2) is 5.72. The fraction of sp³-hybridized carbons (Fsp3) is 0.818. The highest BCUT2D eigenvalue weighted by Gasteiger charge is 2.15. The number of hydrogen-bond acceptors (Lipinski definition) is 3. The highest BCUT2D eigenvalue weighted by atomic mass is 16.2. The third kappa shape index (κ3) is 6.92. The molecule has 0 aromatic carbocycles. The summed E-state index contributed by atoms with van der Waals surface area (Å²) >= 11 is 0. The molecule has 0 spiro atoms. The Hall–Kier alpha value is -1.08. The molecule has 1 atom stereocenters. The first-order valence-corrected chi connectivity index (χ1v) is 5.15. The van der Waals surface area contributed by atoms with E-state index in [2.05, 4.69) is 11.4 Å². The summed E-state index contributed by atoms with van der Waals surface area (Å²) in [6, 6.07) is 2.11. The average molecular weight is 211 g/mol. The summed E-state index contributed by atoms with van der Waals surface area (Å²) in [6.07, 6.45) is 0. The van der Waals surface area contributed by atoms with Crippen LogP contribution in [0.4, 0.5) is 0 Å². The monoisotopic (exact) mass is 211 g/mol. The minimum absolute atomic E-state index is 0.0204. The Morgan fingerprint density at radius 2 is 2.07 bits per heavy atom. The number of nitrogens with zero attached hydrogens (tertiary/aromatic N) is 2. The van der Waals surface area contributed by atoms with E-state index >= 15 is 0 Å². The summed E-state index contributed by atoms with van der Waals surface area (Å²) in [7, 11) is 1.72. The van der Waals surface area contributed by atoms with E-state index in [0.29, 0.717) is 13.1 Å². The molecule has 1 amide bonds. The minimum Gasteiger partial charge on any atom is -0.343 e. The van der Waals surface area contributed by atoms with Crippen molar-refractivity contribution in [3.8, 4) is 6.07 Å². The molecule has 0 radical (unpaired) electrons. The number of nitriles is 1. The molecule has 0 rings (SSSR count). The predicted octanol–water partition coefficient (Wildman–Crippen LogP) is 0.993. The zero-order valence-electron chi connectivity index (χ0n) is 10.3. The third-order valence-corrected chi connectivity index (χ3v) is 1.96. The van der Waals surface area contributed by atoms with Gasteiger partial charge in [-0.3, -0.25) is 4.79 Å². The molecule has 0 fully saturated rings. The number of carbonyl (C=O) groups excluding carboxylic acids is 1. The van der Waals surface area contributed by atoms with E-state index in [1.165, 1.54) is 0 Å². The number of amides is 1. The van der Waals surface area contributed by atoms with Crippen LogP contribution in [0.25, 0.3) is 0 Å². The van der Waals surface area contributed by atoms with Crippen LogP contribution in [0.3, 0.4) is 0 Å². The molecule has 0 aliphatic carbocycles. The highest BCUT2D eigenvalue weighted by Crippen LogP contribution is 1.99. The molecule has 4 heteroatoms. The van der Waals surface area contributed by atoms with Crippen LogP contribution < -0.4 is 5.32 Å². The fourth-order valence-electron chi connectivity index (χ4n) is 1.03. The maximum Gasteiger partial charge on any atom is 0.236 e. The summed E-state index contributed by atoms with van der Waals surface area (Å²) < 4.78 is 0. The van der Waals surface area contributed by atoms with Crippen molar-refractivity contribution in [2.45, 2.75) is 33.2 Å². The van der Waals surface area contributed by atoms with Gasteiger partial charge in [-0.15, -0.1) is 0 Å². The maximum atomic E-state index is 11.6. The second-order valence-corrected chi connectivity index (χ2v) is 4.91. The Labute approximate surface area is 92.3 Å². The number of likely N-dealkylation sites (N-methyl/N-ethyl adjacent to an activating group) is 1. The lowest BCUT2D eigenvalue weighted by atomic mass is 10.1.